The van der Waals surface area contributed by atoms with Gasteiger partial charge in [0.25, 0.3) is 0 Å². The molecule has 0 bridgehead atoms. The van der Waals surface area contributed by atoms with E-state index in [9.17, 15) is 9.13 Å². The molecule has 10 heteroatoms. The van der Waals surface area contributed by atoms with Crippen LogP contribution in [0.2, 0.25) is 0 Å². The van der Waals surface area contributed by atoms with Crippen LogP contribution in [0.15, 0.2) is 91.0 Å². The van der Waals surface area contributed by atoms with Crippen molar-refractivity contribution in [3.05, 3.63) is 91.0 Å². The van der Waals surface area contributed by atoms with Crippen LogP contribution < -0.4 is 13.6 Å². The van der Waals surface area contributed by atoms with Crippen molar-refractivity contribution in [3.63, 3.8) is 0 Å². The lowest BCUT2D eigenvalue weighted by atomic mass is 10.0. The van der Waals surface area contributed by atoms with Gasteiger partial charge in [-0.2, -0.15) is 4.57 Å². The number of rotatable bonds is 27. The van der Waals surface area contributed by atoms with Crippen LogP contribution in [-0.4, -0.2) is 19.8 Å². The summed E-state index contributed by atoms with van der Waals surface area (Å²) in [5.41, 5.74) is 0. The van der Waals surface area contributed by atoms with Crippen LogP contribution in [0.4, 0.5) is 0 Å². The highest BCUT2D eigenvalue weighted by atomic mass is 31.2. The highest BCUT2D eigenvalue weighted by molar-refractivity contribution is 7.49. The maximum absolute atomic E-state index is 13.4. The van der Waals surface area contributed by atoms with E-state index >= 15 is 0 Å². The lowest BCUT2D eigenvalue weighted by Crippen LogP contribution is -2.16. The van der Waals surface area contributed by atoms with Gasteiger partial charge in [-0.05, 0) is 73.4 Å². The average Bonchev–Trinajstić information content (AvgIpc) is 3.16. The molecule has 3 aromatic rings. The van der Waals surface area contributed by atoms with Crippen molar-refractivity contribution >= 4 is 15.6 Å². The molecule has 52 heavy (non-hydrogen) atoms. The van der Waals surface area contributed by atoms with Crippen molar-refractivity contribution < 1.29 is 36.3 Å². The first kappa shape index (κ1) is 45.6. The van der Waals surface area contributed by atoms with Crippen LogP contribution in [0.1, 0.15) is 119 Å². The van der Waals surface area contributed by atoms with Gasteiger partial charge in [0.05, 0.1) is 19.8 Å². The summed E-state index contributed by atoms with van der Waals surface area (Å²) in [7, 11) is -7.40. The molecule has 8 nitrogen and oxygen atoms in total. The molecule has 3 aromatic carbocycles. The molecular formula is C42H66O8P2. The van der Waals surface area contributed by atoms with Crippen LogP contribution in [0.25, 0.3) is 0 Å². The normalized spacial score (nSPS) is 14.3. The molecule has 0 aliphatic carbocycles. The summed E-state index contributed by atoms with van der Waals surface area (Å²) in [6.07, 6.45) is 13.5. The number of phosphoric acid groups is 2. The third-order valence-corrected chi connectivity index (χ3v) is 11.6. The maximum atomic E-state index is 13.4. The number of hydrogen-bond acceptors (Lipinski definition) is 8. The van der Waals surface area contributed by atoms with Crippen LogP contribution in [0.5, 0.6) is 17.2 Å². The number of hydrogen-bond donors (Lipinski definition) is 0. The number of para-hydroxylation sites is 3. The minimum absolute atomic E-state index is 0.405. The van der Waals surface area contributed by atoms with Gasteiger partial charge in [-0.25, -0.2) is 4.57 Å². The van der Waals surface area contributed by atoms with Crippen molar-refractivity contribution in [3.8, 4) is 17.2 Å². The van der Waals surface area contributed by atoms with Crippen LogP contribution in [0, 0.1) is 17.8 Å². The predicted molar refractivity (Wildman–Crippen MR) is 214 cm³/mol. The SMILES string of the molecule is CCCCC(CC)COP(=O)(OCC(CC)CCCC)OCC(CC)CCCC.O=P(Oc1ccccc1)(Oc1ccccc1)Oc1ccccc1. The first-order valence-electron chi connectivity index (χ1n) is 19.6. The third kappa shape index (κ3) is 19.5. The molecule has 292 valence electrons. The van der Waals surface area contributed by atoms with E-state index in [1.54, 1.807) is 72.8 Å². The van der Waals surface area contributed by atoms with Crippen LogP contribution in [-0.2, 0) is 22.7 Å². The molecule has 0 aromatic heterocycles. The Hall–Kier alpha value is -2.60. The summed E-state index contributed by atoms with van der Waals surface area (Å²) in [6, 6.07) is 26.4. The van der Waals surface area contributed by atoms with Gasteiger partial charge in [0, 0.05) is 0 Å². The lowest BCUT2D eigenvalue weighted by Gasteiger charge is -2.25. The Bertz CT molecular complexity index is 1210. The van der Waals surface area contributed by atoms with Crippen molar-refractivity contribution in [2.24, 2.45) is 17.8 Å². The van der Waals surface area contributed by atoms with Gasteiger partial charge in [-0.3, -0.25) is 13.6 Å². The first-order chi connectivity index (χ1) is 25.2. The maximum Gasteiger partial charge on any atom is 0.647 e. The molecule has 0 saturated heterocycles. The lowest BCUT2D eigenvalue weighted by molar-refractivity contribution is 0.0732. The smallest absolute Gasteiger partial charge is 0.386 e. The van der Waals surface area contributed by atoms with Crippen molar-refractivity contribution in [2.75, 3.05) is 19.8 Å². The first-order valence-corrected chi connectivity index (χ1v) is 22.5. The van der Waals surface area contributed by atoms with Gasteiger partial charge < -0.3 is 13.6 Å². The molecular weight excluding hydrogens is 694 g/mol. The zero-order valence-electron chi connectivity index (χ0n) is 32.7. The van der Waals surface area contributed by atoms with E-state index in [1.807, 2.05) is 18.2 Å². The van der Waals surface area contributed by atoms with E-state index in [0.717, 1.165) is 38.5 Å². The minimum atomic E-state index is -3.89. The molecule has 0 amide bonds. The monoisotopic (exact) mass is 760 g/mol. The Morgan fingerprint density at radius 2 is 0.692 bits per heavy atom. The summed E-state index contributed by atoms with van der Waals surface area (Å²) >= 11 is 0. The van der Waals surface area contributed by atoms with Crippen molar-refractivity contribution in [2.45, 2.75) is 119 Å². The van der Waals surface area contributed by atoms with E-state index in [2.05, 4.69) is 41.5 Å². The Kier molecular flexibility index (Phi) is 23.7. The molecule has 0 radical (unpaired) electrons. The van der Waals surface area contributed by atoms with Gasteiger partial charge in [0.1, 0.15) is 17.2 Å². The topological polar surface area (TPSA) is 89.5 Å². The van der Waals surface area contributed by atoms with Gasteiger partial charge in [-0.1, -0.05) is 154 Å². The molecule has 0 fully saturated rings. The molecule has 0 N–H and O–H groups in total. The van der Waals surface area contributed by atoms with Crippen molar-refractivity contribution in [1.29, 1.82) is 0 Å². The van der Waals surface area contributed by atoms with Gasteiger partial charge in [-0.15, -0.1) is 0 Å². The average molecular weight is 761 g/mol. The molecule has 0 heterocycles. The van der Waals surface area contributed by atoms with Gasteiger partial charge in [0.2, 0.25) is 0 Å². The zero-order chi connectivity index (χ0) is 37.9. The van der Waals surface area contributed by atoms with E-state index in [1.165, 1.54) is 38.5 Å². The second kappa shape index (κ2) is 27.1. The van der Waals surface area contributed by atoms with E-state index in [0.29, 0.717) is 54.8 Å². The highest BCUT2D eigenvalue weighted by Gasteiger charge is 2.33. The van der Waals surface area contributed by atoms with E-state index in [4.69, 9.17) is 27.1 Å². The van der Waals surface area contributed by atoms with Crippen molar-refractivity contribution in [1.82, 2.24) is 0 Å². The molecule has 0 spiro atoms. The van der Waals surface area contributed by atoms with Gasteiger partial charge in [0.15, 0.2) is 0 Å². The van der Waals surface area contributed by atoms with E-state index < -0.39 is 15.6 Å². The zero-order valence-corrected chi connectivity index (χ0v) is 34.4. The van der Waals surface area contributed by atoms with E-state index in [-0.39, 0.29) is 0 Å². The largest absolute Gasteiger partial charge is 0.647 e. The molecule has 0 aliphatic rings. The Morgan fingerprint density at radius 1 is 0.423 bits per heavy atom. The summed E-state index contributed by atoms with van der Waals surface area (Å²) in [5, 5.41) is 0. The fourth-order valence-corrected chi connectivity index (χ4v) is 7.94. The molecule has 3 atom stereocenters. The molecule has 3 unspecified atom stereocenters. The fraction of sp³-hybridized carbons (Fsp3) is 0.571. The highest BCUT2D eigenvalue weighted by Crippen LogP contribution is 2.52. The molecule has 0 saturated carbocycles. The summed E-state index contributed by atoms with van der Waals surface area (Å²) in [4.78, 5) is 0. The second-order valence-corrected chi connectivity index (χ2v) is 16.4. The van der Waals surface area contributed by atoms with Crippen LogP contribution in [0.3, 0.4) is 0 Å². The summed E-state index contributed by atoms with van der Waals surface area (Å²) in [6.45, 7) is 14.5. The molecule has 3 rings (SSSR count). The summed E-state index contributed by atoms with van der Waals surface area (Å²) < 4.78 is 60.7. The third-order valence-electron chi connectivity index (χ3n) is 8.92. The quantitative estimate of drug-likeness (QED) is 0.0710. The predicted octanol–water partition coefficient (Wildman–Crippen LogP) is 14.1. The second-order valence-electron chi connectivity index (χ2n) is 13.2. The number of phosphoric ester groups is 2. The fourth-order valence-electron chi connectivity index (χ4n) is 5.28. The standard InChI is InChI=1S/C24H51O4P.C18H15O4P/c1-7-13-16-22(10-4)19-26-29(25,27-20-23(11-5)17-14-8-2)28-21-24(12-6)18-15-9-3;19-23(20-16-10-4-1-5-11-16,21-17-12-6-2-7-13-17)22-18-14-8-3-9-15-18/h22-24H,7-21H2,1-6H3;1-15H. The Labute approximate surface area is 315 Å². The number of unbranched alkanes of at least 4 members (excludes halogenated alkanes) is 3. The Morgan fingerprint density at radius 3 is 0.923 bits per heavy atom. The minimum Gasteiger partial charge on any atom is -0.386 e. The summed E-state index contributed by atoms with van der Waals surface area (Å²) in [5.74, 6) is 2.46. The number of benzene rings is 3. The molecule has 0 aliphatic heterocycles. The van der Waals surface area contributed by atoms with Gasteiger partial charge >= 0.3 is 15.6 Å². The van der Waals surface area contributed by atoms with Crippen LogP contribution >= 0.6 is 15.6 Å². The Balaban J connectivity index is 0.000000367.